The second-order valence-electron chi connectivity index (χ2n) is 5.05. The van der Waals surface area contributed by atoms with Crippen LogP contribution in [0.2, 0.25) is 0 Å². The van der Waals surface area contributed by atoms with Gasteiger partial charge in [0.1, 0.15) is 5.82 Å². The summed E-state index contributed by atoms with van der Waals surface area (Å²) >= 11 is 0. The molecular formula is C14H16N4O. The smallest absolute Gasteiger partial charge is 0.244 e. The van der Waals surface area contributed by atoms with Crippen LogP contribution < -0.4 is 11.1 Å². The van der Waals surface area contributed by atoms with Crippen molar-refractivity contribution in [2.24, 2.45) is 12.8 Å². The van der Waals surface area contributed by atoms with E-state index >= 15 is 0 Å². The molecule has 3 rings (SSSR count). The summed E-state index contributed by atoms with van der Waals surface area (Å²) in [6.07, 6.45) is 5.16. The molecule has 98 valence electrons. The van der Waals surface area contributed by atoms with Gasteiger partial charge in [-0.15, -0.1) is 0 Å². The predicted octanol–water partition coefficient (Wildman–Crippen LogP) is 1.52. The Bertz CT molecular complexity index is 628. The highest BCUT2D eigenvalue weighted by molar-refractivity contribution is 6.00. The number of hydrogen-bond donors (Lipinski definition) is 2. The number of amides is 1. The Kier molecular flexibility index (Phi) is 2.64. The van der Waals surface area contributed by atoms with Crippen molar-refractivity contribution in [2.45, 2.75) is 18.4 Å². The summed E-state index contributed by atoms with van der Waals surface area (Å²) < 4.78 is 1.94. The lowest BCUT2D eigenvalue weighted by Crippen LogP contribution is -2.37. The molecule has 0 bridgehead atoms. The lowest BCUT2D eigenvalue weighted by Gasteiger charge is -2.11. The maximum atomic E-state index is 11.9. The Morgan fingerprint density at radius 3 is 2.89 bits per heavy atom. The standard InChI is InChI=1S/C14H16N4O/c1-18-8-7-16-12(18)10-3-2-4-11(9-10)17-13(19)14(15)5-6-14/h2-4,7-9H,5-6,15H2,1H3,(H,17,19). The fraction of sp³-hybridized carbons (Fsp3) is 0.286. The first-order valence-corrected chi connectivity index (χ1v) is 6.27. The maximum absolute atomic E-state index is 11.9. The normalized spacial score (nSPS) is 16.1. The first-order chi connectivity index (χ1) is 9.08. The number of aromatic nitrogens is 2. The van der Waals surface area contributed by atoms with Gasteiger partial charge in [-0.2, -0.15) is 0 Å². The van der Waals surface area contributed by atoms with Crippen LogP contribution in [-0.4, -0.2) is 21.0 Å². The van der Waals surface area contributed by atoms with Crippen molar-refractivity contribution in [3.8, 4) is 11.4 Å². The molecule has 1 aromatic heterocycles. The number of carbonyl (C=O) groups excluding carboxylic acids is 1. The van der Waals surface area contributed by atoms with E-state index in [0.29, 0.717) is 0 Å². The van der Waals surface area contributed by atoms with Crippen molar-refractivity contribution >= 4 is 11.6 Å². The molecule has 3 N–H and O–H groups in total. The van der Waals surface area contributed by atoms with Gasteiger partial charge in [0.15, 0.2) is 0 Å². The van der Waals surface area contributed by atoms with Crippen molar-refractivity contribution in [3.05, 3.63) is 36.7 Å². The van der Waals surface area contributed by atoms with E-state index in [1.54, 1.807) is 6.20 Å². The van der Waals surface area contributed by atoms with Crippen LogP contribution in [-0.2, 0) is 11.8 Å². The molecule has 19 heavy (non-hydrogen) atoms. The van der Waals surface area contributed by atoms with Crippen molar-refractivity contribution < 1.29 is 4.79 Å². The van der Waals surface area contributed by atoms with Crippen LogP contribution in [0.5, 0.6) is 0 Å². The van der Waals surface area contributed by atoms with Crippen molar-refractivity contribution in [1.82, 2.24) is 9.55 Å². The van der Waals surface area contributed by atoms with Gasteiger partial charge in [-0.1, -0.05) is 12.1 Å². The summed E-state index contributed by atoms with van der Waals surface area (Å²) in [7, 11) is 1.94. The van der Waals surface area contributed by atoms with Crippen LogP contribution in [0.25, 0.3) is 11.4 Å². The summed E-state index contributed by atoms with van der Waals surface area (Å²) in [6, 6.07) is 7.63. The van der Waals surface area contributed by atoms with E-state index in [2.05, 4.69) is 10.3 Å². The van der Waals surface area contributed by atoms with Gasteiger partial charge in [-0.25, -0.2) is 4.98 Å². The predicted molar refractivity (Wildman–Crippen MR) is 73.4 cm³/mol. The van der Waals surface area contributed by atoms with E-state index in [4.69, 9.17) is 5.73 Å². The molecule has 1 amide bonds. The molecule has 1 saturated carbocycles. The van der Waals surface area contributed by atoms with Crippen LogP contribution in [0.4, 0.5) is 5.69 Å². The molecule has 1 aromatic carbocycles. The highest BCUT2D eigenvalue weighted by atomic mass is 16.2. The van der Waals surface area contributed by atoms with Crippen molar-refractivity contribution in [3.63, 3.8) is 0 Å². The number of carbonyl (C=O) groups is 1. The summed E-state index contributed by atoms with van der Waals surface area (Å²) in [5, 5.41) is 2.87. The third-order valence-corrected chi connectivity index (χ3v) is 3.44. The average molecular weight is 256 g/mol. The monoisotopic (exact) mass is 256 g/mol. The molecule has 1 aliphatic carbocycles. The number of nitrogens with two attached hydrogens (primary N) is 1. The highest BCUT2D eigenvalue weighted by Gasteiger charge is 2.45. The molecule has 0 spiro atoms. The number of anilines is 1. The molecule has 0 radical (unpaired) electrons. The van der Waals surface area contributed by atoms with E-state index in [9.17, 15) is 4.79 Å². The zero-order valence-electron chi connectivity index (χ0n) is 10.8. The molecule has 1 fully saturated rings. The van der Waals surface area contributed by atoms with Crippen LogP contribution in [0.15, 0.2) is 36.7 Å². The van der Waals surface area contributed by atoms with Crippen LogP contribution >= 0.6 is 0 Å². The summed E-state index contributed by atoms with van der Waals surface area (Å²) in [6.45, 7) is 0. The summed E-state index contributed by atoms with van der Waals surface area (Å²) in [5.41, 5.74) is 6.93. The SMILES string of the molecule is Cn1ccnc1-c1cccc(NC(=O)C2(N)CC2)c1. The Labute approximate surface area is 111 Å². The largest absolute Gasteiger partial charge is 0.334 e. The lowest BCUT2D eigenvalue weighted by atomic mass is 10.1. The summed E-state index contributed by atoms with van der Waals surface area (Å²) in [5.74, 6) is 0.759. The second-order valence-corrected chi connectivity index (χ2v) is 5.05. The van der Waals surface area contributed by atoms with Crippen LogP contribution in [0, 0.1) is 0 Å². The number of aryl methyl sites for hydroxylation is 1. The number of rotatable bonds is 3. The van der Waals surface area contributed by atoms with Gasteiger partial charge in [0.2, 0.25) is 5.91 Å². The minimum absolute atomic E-state index is 0.107. The number of benzene rings is 1. The van der Waals surface area contributed by atoms with Gasteiger partial charge in [-0.3, -0.25) is 4.79 Å². The lowest BCUT2D eigenvalue weighted by molar-refractivity contribution is -0.118. The van der Waals surface area contributed by atoms with E-state index in [1.807, 2.05) is 42.1 Å². The first-order valence-electron chi connectivity index (χ1n) is 6.27. The van der Waals surface area contributed by atoms with Crippen LogP contribution in [0.3, 0.4) is 0 Å². The molecule has 1 heterocycles. The number of nitrogens with zero attached hydrogens (tertiary/aromatic N) is 2. The molecular weight excluding hydrogens is 240 g/mol. The van der Waals surface area contributed by atoms with Gasteiger partial charge in [0.05, 0.1) is 5.54 Å². The minimum Gasteiger partial charge on any atom is -0.334 e. The molecule has 0 unspecified atom stereocenters. The zero-order valence-corrected chi connectivity index (χ0v) is 10.8. The zero-order chi connectivity index (χ0) is 13.5. The summed E-state index contributed by atoms with van der Waals surface area (Å²) in [4.78, 5) is 16.2. The van der Waals surface area contributed by atoms with Crippen molar-refractivity contribution in [1.29, 1.82) is 0 Å². The Morgan fingerprint density at radius 1 is 1.47 bits per heavy atom. The quantitative estimate of drug-likeness (QED) is 0.874. The first kappa shape index (κ1) is 11.9. The van der Waals surface area contributed by atoms with Crippen LogP contribution in [0.1, 0.15) is 12.8 Å². The number of hydrogen-bond acceptors (Lipinski definition) is 3. The number of imidazole rings is 1. The van der Waals surface area contributed by atoms with E-state index < -0.39 is 5.54 Å². The van der Waals surface area contributed by atoms with Gasteiger partial charge >= 0.3 is 0 Å². The molecule has 1 aliphatic rings. The average Bonchev–Trinajstić information content (AvgIpc) is 3.00. The van der Waals surface area contributed by atoms with Gasteiger partial charge < -0.3 is 15.6 Å². The van der Waals surface area contributed by atoms with Gasteiger partial charge in [0, 0.05) is 30.7 Å². The Hall–Kier alpha value is -2.14. The molecule has 0 saturated heterocycles. The third-order valence-electron chi connectivity index (χ3n) is 3.44. The number of nitrogens with one attached hydrogen (secondary N) is 1. The second kappa shape index (κ2) is 4.20. The molecule has 5 nitrogen and oxygen atoms in total. The highest BCUT2D eigenvalue weighted by Crippen LogP contribution is 2.33. The van der Waals surface area contributed by atoms with E-state index in [-0.39, 0.29) is 5.91 Å². The molecule has 0 atom stereocenters. The van der Waals surface area contributed by atoms with Gasteiger partial charge in [0.25, 0.3) is 0 Å². The Morgan fingerprint density at radius 2 is 2.26 bits per heavy atom. The molecule has 2 aromatic rings. The molecule has 5 heteroatoms. The van der Waals surface area contributed by atoms with E-state index in [0.717, 1.165) is 29.9 Å². The fourth-order valence-electron chi connectivity index (χ4n) is 2.00. The van der Waals surface area contributed by atoms with Crippen molar-refractivity contribution in [2.75, 3.05) is 5.32 Å². The molecule has 0 aliphatic heterocycles. The van der Waals surface area contributed by atoms with E-state index in [1.165, 1.54) is 0 Å². The topological polar surface area (TPSA) is 72.9 Å². The minimum atomic E-state index is -0.654. The van der Waals surface area contributed by atoms with Gasteiger partial charge in [-0.05, 0) is 25.0 Å². The Balaban J connectivity index is 1.84. The fourth-order valence-corrected chi connectivity index (χ4v) is 2.00. The maximum Gasteiger partial charge on any atom is 0.244 e. The third kappa shape index (κ3) is 2.24.